The first-order chi connectivity index (χ1) is 10.7. The molecule has 1 aliphatic rings. The highest BCUT2D eigenvalue weighted by molar-refractivity contribution is 6.56. The van der Waals surface area contributed by atoms with Crippen molar-refractivity contribution in [3.05, 3.63) is 40.9 Å². The number of nitrogens with two attached hydrogens (primary N) is 1. The summed E-state index contributed by atoms with van der Waals surface area (Å²) in [4.78, 5) is 11.6. The number of hydrogen-bond donors (Lipinski definition) is 2. The van der Waals surface area contributed by atoms with Gasteiger partial charge in [-0.1, -0.05) is 24.3 Å². The molecule has 0 atom stereocenters. The second kappa shape index (κ2) is 6.47. The van der Waals surface area contributed by atoms with Crippen LogP contribution in [0.25, 0.3) is 6.08 Å². The van der Waals surface area contributed by atoms with E-state index in [9.17, 15) is 4.79 Å². The summed E-state index contributed by atoms with van der Waals surface area (Å²) in [5.41, 5.74) is 6.80. The minimum atomic E-state index is -0.464. The number of rotatable bonds is 5. The van der Waals surface area contributed by atoms with Crippen molar-refractivity contribution in [3.63, 3.8) is 0 Å². The molecule has 0 spiro atoms. The van der Waals surface area contributed by atoms with Gasteiger partial charge in [-0.2, -0.15) is 0 Å². The van der Waals surface area contributed by atoms with E-state index in [1.165, 1.54) is 0 Å². The van der Waals surface area contributed by atoms with Gasteiger partial charge in [0, 0.05) is 12.1 Å². The van der Waals surface area contributed by atoms with Crippen LogP contribution in [-0.2, 0) is 9.31 Å². The lowest BCUT2D eigenvalue weighted by molar-refractivity contribution is 0.00578. The lowest BCUT2D eigenvalue weighted by Crippen LogP contribution is -2.41. The van der Waals surface area contributed by atoms with Crippen LogP contribution < -0.4 is 11.1 Å². The third kappa shape index (κ3) is 3.66. The zero-order chi connectivity index (χ0) is 17.3. The van der Waals surface area contributed by atoms with Crippen molar-refractivity contribution in [1.82, 2.24) is 5.32 Å². The van der Waals surface area contributed by atoms with Crippen LogP contribution in [0.3, 0.4) is 0 Å². The number of amides is 1. The van der Waals surface area contributed by atoms with Crippen molar-refractivity contribution in [2.45, 2.75) is 38.9 Å². The van der Waals surface area contributed by atoms with E-state index >= 15 is 0 Å². The molecule has 1 aliphatic heterocycles. The van der Waals surface area contributed by atoms with Crippen LogP contribution in [0.5, 0.6) is 0 Å². The fraction of sp³-hybridized carbons (Fsp3) is 0.471. The van der Waals surface area contributed by atoms with Gasteiger partial charge in [0.1, 0.15) is 0 Å². The molecule has 0 saturated carbocycles. The summed E-state index contributed by atoms with van der Waals surface area (Å²) in [6.07, 6.45) is 1.92. The van der Waals surface area contributed by atoms with Crippen molar-refractivity contribution < 1.29 is 14.1 Å². The lowest BCUT2D eigenvalue weighted by atomic mass is 9.76. The maximum absolute atomic E-state index is 11.6. The molecule has 124 valence electrons. The van der Waals surface area contributed by atoms with E-state index in [1.54, 1.807) is 12.1 Å². The molecule has 2 rings (SSSR count). The van der Waals surface area contributed by atoms with E-state index in [0.29, 0.717) is 12.1 Å². The summed E-state index contributed by atoms with van der Waals surface area (Å²) in [6, 6.07) is 7.25. The van der Waals surface area contributed by atoms with Gasteiger partial charge in [-0.05, 0) is 51.8 Å². The van der Waals surface area contributed by atoms with Gasteiger partial charge < -0.3 is 20.4 Å². The van der Waals surface area contributed by atoms with E-state index in [4.69, 9.17) is 15.0 Å². The van der Waals surface area contributed by atoms with Gasteiger partial charge in [-0.15, -0.1) is 0 Å². The molecule has 1 aromatic rings. The molecule has 0 aromatic heterocycles. The monoisotopic (exact) mass is 316 g/mol. The normalized spacial score (nSPS) is 19.9. The van der Waals surface area contributed by atoms with Crippen LogP contribution in [0.4, 0.5) is 0 Å². The molecule has 1 amide bonds. The molecule has 1 saturated heterocycles. The van der Waals surface area contributed by atoms with Gasteiger partial charge >= 0.3 is 7.12 Å². The van der Waals surface area contributed by atoms with Gasteiger partial charge in [-0.25, -0.2) is 0 Å². The third-order valence-electron chi connectivity index (χ3n) is 4.50. The van der Waals surface area contributed by atoms with Crippen molar-refractivity contribution in [2.75, 3.05) is 13.6 Å². The van der Waals surface area contributed by atoms with E-state index in [2.05, 4.69) is 5.32 Å². The Morgan fingerprint density at radius 1 is 1.22 bits per heavy atom. The van der Waals surface area contributed by atoms with Crippen molar-refractivity contribution >= 4 is 19.1 Å². The quantitative estimate of drug-likeness (QED) is 0.815. The summed E-state index contributed by atoms with van der Waals surface area (Å²) in [5, 5.41) is 3.12. The molecule has 0 radical (unpaired) electrons. The fourth-order valence-corrected chi connectivity index (χ4v) is 2.45. The summed E-state index contributed by atoms with van der Waals surface area (Å²) >= 11 is 0. The molecular weight excluding hydrogens is 291 g/mol. The largest absolute Gasteiger partial charge is 0.491 e. The van der Waals surface area contributed by atoms with E-state index in [0.717, 1.165) is 11.0 Å². The van der Waals surface area contributed by atoms with Crippen LogP contribution in [0.1, 0.15) is 43.6 Å². The molecule has 0 unspecified atom stereocenters. The maximum Gasteiger partial charge on any atom is 0.491 e. The first-order valence-electron chi connectivity index (χ1n) is 7.77. The van der Waals surface area contributed by atoms with Gasteiger partial charge in [0.15, 0.2) is 0 Å². The second-order valence-corrected chi connectivity index (χ2v) is 6.79. The number of primary amides is 1. The molecule has 1 heterocycles. The van der Waals surface area contributed by atoms with Crippen LogP contribution in [0.15, 0.2) is 29.7 Å². The molecule has 0 bridgehead atoms. The Bertz CT molecular complexity index is 610. The average molecular weight is 316 g/mol. The predicted molar refractivity (Wildman–Crippen MR) is 92.9 cm³/mol. The van der Waals surface area contributed by atoms with Gasteiger partial charge in [0.05, 0.1) is 11.2 Å². The van der Waals surface area contributed by atoms with Crippen molar-refractivity contribution in [3.8, 4) is 0 Å². The number of nitrogens with one attached hydrogen (secondary N) is 1. The Kier molecular flexibility index (Phi) is 4.99. The Hall–Kier alpha value is -1.63. The van der Waals surface area contributed by atoms with Crippen molar-refractivity contribution in [1.29, 1.82) is 0 Å². The Labute approximate surface area is 138 Å². The molecule has 1 fully saturated rings. The Morgan fingerprint density at radius 3 is 2.30 bits per heavy atom. The summed E-state index contributed by atoms with van der Waals surface area (Å²) < 4.78 is 12.2. The molecule has 1 aromatic carbocycles. The second-order valence-electron chi connectivity index (χ2n) is 6.79. The zero-order valence-electron chi connectivity index (χ0n) is 14.5. The molecule has 6 heteroatoms. The van der Waals surface area contributed by atoms with E-state index in [1.807, 2.05) is 53.0 Å². The van der Waals surface area contributed by atoms with Crippen molar-refractivity contribution in [2.24, 2.45) is 5.73 Å². The minimum Gasteiger partial charge on any atom is -0.400 e. The number of hydrogen-bond acceptors (Lipinski definition) is 4. The summed E-state index contributed by atoms with van der Waals surface area (Å²) in [7, 11) is 1.40. The lowest BCUT2D eigenvalue weighted by Gasteiger charge is -2.32. The fourth-order valence-electron chi connectivity index (χ4n) is 2.45. The molecule has 0 aliphatic carbocycles. The standard InChI is InChI=1S/C17H25BN2O3/c1-16(2)17(3,4)23-18(22-16)13(11-20-5)10-12-8-6-7-9-14(12)15(19)21/h6-10,20H,11H2,1-5H3,(H2,19,21). The zero-order valence-corrected chi connectivity index (χ0v) is 14.5. The molecule has 3 N–H and O–H groups in total. The maximum atomic E-state index is 11.6. The minimum absolute atomic E-state index is 0.409. The highest BCUT2D eigenvalue weighted by Crippen LogP contribution is 2.38. The van der Waals surface area contributed by atoms with E-state index < -0.39 is 24.2 Å². The number of benzene rings is 1. The SMILES string of the molecule is CNCC(=Cc1ccccc1C(N)=O)B1OC(C)(C)C(C)(C)O1. The van der Waals surface area contributed by atoms with Gasteiger partial charge in [0.25, 0.3) is 0 Å². The number of carbonyl (C=O) groups is 1. The van der Waals surface area contributed by atoms with Gasteiger partial charge in [0.2, 0.25) is 5.91 Å². The first kappa shape index (κ1) is 17.7. The Balaban J connectivity index is 2.39. The van der Waals surface area contributed by atoms with Crippen LogP contribution in [-0.4, -0.2) is 37.8 Å². The molecule has 5 nitrogen and oxygen atoms in total. The third-order valence-corrected chi connectivity index (χ3v) is 4.50. The Morgan fingerprint density at radius 2 is 1.78 bits per heavy atom. The van der Waals surface area contributed by atoms with Gasteiger partial charge in [-0.3, -0.25) is 4.79 Å². The predicted octanol–water partition coefficient (Wildman–Crippen LogP) is 2.02. The highest BCUT2D eigenvalue weighted by Gasteiger charge is 2.52. The molecule has 23 heavy (non-hydrogen) atoms. The van der Waals surface area contributed by atoms with Crippen LogP contribution in [0, 0.1) is 0 Å². The smallest absolute Gasteiger partial charge is 0.400 e. The van der Waals surface area contributed by atoms with E-state index in [-0.39, 0.29) is 0 Å². The number of likely N-dealkylation sites (N-methyl/N-ethyl adjacent to an activating group) is 1. The highest BCUT2D eigenvalue weighted by atomic mass is 16.7. The molecular formula is C17H25BN2O3. The van der Waals surface area contributed by atoms with Crippen LogP contribution >= 0.6 is 0 Å². The summed E-state index contributed by atoms with van der Waals surface area (Å²) in [6.45, 7) is 8.65. The van der Waals surface area contributed by atoms with Crippen LogP contribution in [0.2, 0.25) is 0 Å². The number of carbonyl (C=O) groups excluding carboxylic acids is 1. The average Bonchev–Trinajstić information content (AvgIpc) is 2.67. The summed E-state index contributed by atoms with van der Waals surface area (Å²) in [5.74, 6) is -0.449. The first-order valence-corrected chi connectivity index (χ1v) is 7.77. The topological polar surface area (TPSA) is 73.6 Å².